The molecule has 2 aromatic carbocycles. The number of rotatable bonds is 2. The van der Waals surface area contributed by atoms with Gasteiger partial charge in [0.2, 0.25) is 5.84 Å². The number of hydrogen-bond donors (Lipinski definition) is 1. The molecule has 0 bridgehead atoms. The van der Waals surface area contributed by atoms with Gasteiger partial charge < -0.3 is 5.32 Å². The zero-order chi connectivity index (χ0) is 16.5. The molecule has 1 aliphatic rings. The van der Waals surface area contributed by atoms with E-state index in [1.165, 1.54) is 17.5 Å². The highest BCUT2D eigenvalue weighted by molar-refractivity contribution is 6.47. The Morgan fingerprint density at radius 1 is 0.917 bits per heavy atom. The Labute approximate surface area is 139 Å². The van der Waals surface area contributed by atoms with Crippen LogP contribution in [0.3, 0.4) is 0 Å². The highest BCUT2D eigenvalue weighted by Gasteiger charge is 2.24. The number of nitrogens with one attached hydrogen (secondary N) is 1. The van der Waals surface area contributed by atoms with E-state index in [9.17, 15) is 0 Å². The third kappa shape index (κ3) is 2.69. The minimum atomic E-state index is 0.524. The predicted octanol–water partition coefficient (Wildman–Crippen LogP) is 3.63. The number of amidine groups is 1. The smallest absolute Gasteiger partial charge is 0.256 e. The van der Waals surface area contributed by atoms with Crippen LogP contribution in [0.25, 0.3) is 0 Å². The maximum Gasteiger partial charge on any atom is 0.256 e. The van der Waals surface area contributed by atoms with Gasteiger partial charge in [0.15, 0.2) is 5.84 Å². The van der Waals surface area contributed by atoms with E-state index in [1.807, 2.05) is 55.5 Å². The Kier molecular flexibility index (Phi) is 3.42. The van der Waals surface area contributed by atoms with E-state index in [0.29, 0.717) is 17.6 Å². The summed E-state index contributed by atoms with van der Waals surface area (Å²) in [6.45, 7) is 4.11. The number of aliphatic imine (C=N–C) groups is 2. The monoisotopic (exact) mass is 316 g/mol. The molecule has 0 spiro atoms. The number of aryl methyl sites for hydroxylation is 2. The minimum absolute atomic E-state index is 0.524. The number of hydrogen-bond acceptors (Lipinski definition) is 5. The van der Waals surface area contributed by atoms with Gasteiger partial charge >= 0.3 is 0 Å². The molecule has 6 heteroatoms. The SMILES string of the molecule is Cc1ccc(N=C2C(Nc3ccc(C)cc3)=Nc3ncnn32)cc1. The first-order valence-electron chi connectivity index (χ1n) is 7.67. The Morgan fingerprint density at radius 3 is 2.29 bits per heavy atom. The lowest BCUT2D eigenvalue weighted by atomic mass is 10.2. The third-order valence-corrected chi connectivity index (χ3v) is 3.74. The molecule has 0 atom stereocenters. The van der Waals surface area contributed by atoms with Crippen molar-refractivity contribution in [2.45, 2.75) is 13.8 Å². The van der Waals surface area contributed by atoms with Crippen molar-refractivity contribution in [1.82, 2.24) is 14.8 Å². The van der Waals surface area contributed by atoms with Crippen LogP contribution in [0.15, 0.2) is 64.8 Å². The van der Waals surface area contributed by atoms with Gasteiger partial charge in [-0.25, -0.2) is 4.99 Å². The Bertz CT molecular complexity index is 932. The van der Waals surface area contributed by atoms with Crippen molar-refractivity contribution >= 4 is 29.0 Å². The van der Waals surface area contributed by atoms with Crippen LogP contribution in [0.2, 0.25) is 0 Å². The van der Waals surface area contributed by atoms with Crippen molar-refractivity contribution in [3.8, 4) is 0 Å². The molecule has 0 fully saturated rings. The van der Waals surface area contributed by atoms with E-state index < -0.39 is 0 Å². The molecule has 0 aliphatic carbocycles. The van der Waals surface area contributed by atoms with Crippen LogP contribution in [-0.2, 0) is 0 Å². The van der Waals surface area contributed by atoms with Crippen LogP contribution in [-0.4, -0.2) is 26.4 Å². The van der Waals surface area contributed by atoms with Gasteiger partial charge in [0.1, 0.15) is 6.33 Å². The summed E-state index contributed by atoms with van der Waals surface area (Å²) in [5, 5.41) is 7.52. The number of fused-ring (bicyclic) bond motifs is 1. The Balaban J connectivity index is 1.71. The zero-order valence-corrected chi connectivity index (χ0v) is 13.4. The molecule has 3 aromatic rings. The lowest BCUT2D eigenvalue weighted by Gasteiger charge is -2.08. The van der Waals surface area contributed by atoms with Crippen molar-refractivity contribution in [2.24, 2.45) is 9.98 Å². The molecule has 0 saturated heterocycles. The van der Waals surface area contributed by atoms with Gasteiger partial charge in [-0.1, -0.05) is 35.4 Å². The quantitative estimate of drug-likeness (QED) is 0.785. The minimum Gasteiger partial charge on any atom is -0.337 e. The summed E-state index contributed by atoms with van der Waals surface area (Å²) in [5.74, 6) is 1.79. The Morgan fingerprint density at radius 2 is 1.58 bits per heavy atom. The van der Waals surface area contributed by atoms with Gasteiger partial charge in [-0.3, -0.25) is 0 Å². The summed E-state index contributed by atoms with van der Waals surface area (Å²) >= 11 is 0. The first kappa shape index (κ1) is 14.3. The fraction of sp³-hybridized carbons (Fsp3) is 0.111. The molecule has 0 radical (unpaired) electrons. The first-order valence-corrected chi connectivity index (χ1v) is 7.67. The normalized spacial score (nSPS) is 14.6. The molecule has 1 aromatic heterocycles. The first-order chi connectivity index (χ1) is 11.7. The number of aromatic nitrogens is 3. The number of benzene rings is 2. The van der Waals surface area contributed by atoms with Gasteiger partial charge in [0, 0.05) is 5.69 Å². The summed E-state index contributed by atoms with van der Waals surface area (Å²) < 4.78 is 1.64. The van der Waals surface area contributed by atoms with Gasteiger partial charge in [0.25, 0.3) is 5.95 Å². The second-order valence-electron chi connectivity index (χ2n) is 5.69. The van der Waals surface area contributed by atoms with Crippen LogP contribution >= 0.6 is 0 Å². The van der Waals surface area contributed by atoms with Crippen molar-refractivity contribution in [1.29, 1.82) is 0 Å². The Hall–Kier alpha value is -3.28. The largest absolute Gasteiger partial charge is 0.337 e. The molecule has 1 N–H and O–H groups in total. The number of nitrogens with zero attached hydrogens (tertiary/aromatic N) is 5. The van der Waals surface area contributed by atoms with Crippen molar-refractivity contribution in [2.75, 3.05) is 5.32 Å². The summed E-state index contributed by atoms with van der Waals surface area (Å²) in [7, 11) is 0. The number of anilines is 1. The third-order valence-electron chi connectivity index (χ3n) is 3.74. The maximum absolute atomic E-state index is 4.69. The molecular weight excluding hydrogens is 300 g/mol. The zero-order valence-electron chi connectivity index (χ0n) is 13.4. The summed E-state index contributed by atoms with van der Waals surface area (Å²) in [4.78, 5) is 13.3. The van der Waals surface area contributed by atoms with E-state index in [4.69, 9.17) is 4.99 Å². The molecule has 118 valence electrons. The average molecular weight is 316 g/mol. The molecule has 0 unspecified atom stereocenters. The van der Waals surface area contributed by atoms with E-state index in [0.717, 1.165) is 11.4 Å². The molecule has 0 amide bonds. The summed E-state index contributed by atoms with van der Waals surface area (Å²) in [6, 6.07) is 16.1. The standard InChI is InChI=1S/C18H16N6/c1-12-3-7-14(8-4-12)21-16-17(24-18(23-16)19-11-20-24)22-15-9-5-13(2)6-10-15/h3-11H,1-2H3,(H,19,20,21,23). The van der Waals surface area contributed by atoms with Crippen molar-refractivity contribution < 1.29 is 0 Å². The van der Waals surface area contributed by atoms with Crippen LogP contribution < -0.4 is 5.32 Å². The van der Waals surface area contributed by atoms with Crippen LogP contribution in [0.4, 0.5) is 17.3 Å². The second kappa shape index (κ2) is 5.73. The van der Waals surface area contributed by atoms with Gasteiger partial charge in [-0.2, -0.15) is 19.8 Å². The predicted molar refractivity (Wildman–Crippen MR) is 95.6 cm³/mol. The molecule has 2 heterocycles. The van der Waals surface area contributed by atoms with Crippen molar-refractivity contribution in [3.05, 3.63) is 66.0 Å². The molecule has 24 heavy (non-hydrogen) atoms. The van der Waals surface area contributed by atoms with E-state index in [1.54, 1.807) is 4.68 Å². The molecule has 0 saturated carbocycles. The van der Waals surface area contributed by atoms with E-state index >= 15 is 0 Å². The highest BCUT2D eigenvalue weighted by atomic mass is 15.4. The topological polar surface area (TPSA) is 67.5 Å². The summed E-state index contributed by atoms with van der Waals surface area (Å²) in [6.07, 6.45) is 1.48. The van der Waals surface area contributed by atoms with Crippen LogP contribution in [0, 0.1) is 13.8 Å². The maximum atomic E-state index is 4.69. The lowest BCUT2D eigenvalue weighted by Crippen LogP contribution is -2.25. The lowest BCUT2D eigenvalue weighted by molar-refractivity contribution is 0.955. The van der Waals surface area contributed by atoms with E-state index in [2.05, 4.69) is 27.3 Å². The molecular formula is C18H16N6. The fourth-order valence-corrected chi connectivity index (χ4v) is 2.41. The second-order valence-corrected chi connectivity index (χ2v) is 5.69. The molecule has 6 nitrogen and oxygen atoms in total. The van der Waals surface area contributed by atoms with Gasteiger partial charge in [0.05, 0.1) is 5.69 Å². The van der Waals surface area contributed by atoms with Gasteiger partial charge in [-0.15, -0.1) is 0 Å². The highest BCUT2D eigenvalue weighted by Crippen LogP contribution is 2.21. The van der Waals surface area contributed by atoms with E-state index in [-0.39, 0.29) is 0 Å². The van der Waals surface area contributed by atoms with Gasteiger partial charge in [-0.05, 0) is 38.1 Å². The molecule has 4 rings (SSSR count). The average Bonchev–Trinajstić information content (AvgIpc) is 3.15. The summed E-state index contributed by atoms with van der Waals surface area (Å²) in [5.41, 5.74) is 4.19. The van der Waals surface area contributed by atoms with Crippen LogP contribution in [0.5, 0.6) is 0 Å². The fourth-order valence-electron chi connectivity index (χ4n) is 2.41. The molecule has 1 aliphatic heterocycles. The van der Waals surface area contributed by atoms with Crippen LogP contribution in [0.1, 0.15) is 11.1 Å². The van der Waals surface area contributed by atoms with Crippen molar-refractivity contribution in [3.63, 3.8) is 0 Å².